The third-order valence-electron chi connectivity index (χ3n) is 6.45. The van der Waals surface area contributed by atoms with Crippen molar-refractivity contribution in [3.05, 3.63) is 0 Å². The summed E-state index contributed by atoms with van der Waals surface area (Å²) in [5.74, 6) is -0.00293. The zero-order chi connectivity index (χ0) is 28.0. The number of carbonyl (C=O) groups is 1. The summed E-state index contributed by atoms with van der Waals surface area (Å²) in [5.41, 5.74) is 0. The van der Waals surface area contributed by atoms with E-state index in [1.807, 2.05) is 21.1 Å². The van der Waals surface area contributed by atoms with Gasteiger partial charge in [-0.05, 0) is 12.8 Å². The Balaban J connectivity index is 4.61. The zero-order valence-electron chi connectivity index (χ0n) is 24.7. The Bertz CT molecular complexity index is 594. The fraction of sp³-hybridized carbons (Fsp3) is 0.964. The number of quaternary nitrogens is 1. The van der Waals surface area contributed by atoms with Crippen molar-refractivity contribution in [3.8, 4) is 0 Å². The molecule has 0 heterocycles. The van der Waals surface area contributed by atoms with E-state index in [0.717, 1.165) is 25.7 Å². The molecule has 0 rings (SSSR count). The summed E-state index contributed by atoms with van der Waals surface area (Å²) in [5, 5.41) is 2.97. The number of nitrogens with zero attached hydrogens (tertiary/aromatic N) is 1. The molecule has 0 aromatic heterocycles. The van der Waals surface area contributed by atoms with Gasteiger partial charge in [0.25, 0.3) is 7.82 Å². The summed E-state index contributed by atoms with van der Waals surface area (Å²) in [6, 6.07) is 0. The van der Waals surface area contributed by atoms with Gasteiger partial charge in [-0.2, -0.15) is 0 Å². The quantitative estimate of drug-likeness (QED) is 0.0811. The van der Waals surface area contributed by atoms with Crippen molar-refractivity contribution >= 4 is 13.7 Å². The molecule has 0 aromatic rings. The maximum absolute atomic E-state index is 12.4. The lowest BCUT2D eigenvalue weighted by atomic mass is 10.1. The van der Waals surface area contributed by atoms with E-state index in [-0.39, 0.29) is 18.4 Å². The van der Waals surface area contributed by atoms with Crippen molar-refractivity contribution in [1.82, 2.24) is 5.32 Å². The molecule has 0 aromatic carbocycles. The number of nitrogens with one attached hydrogen (secondary N) is 1. The van der Waals surface area contributed by atoms with Crippen LogP contribution in [0, 0.1) is 0 Å². The van der Waals surface area contributed by atoms with E-state index >= 15 is 0 Å². The summed E-state index contributed by atoms with van der Waals surface area (Å²) < 4.78 is 23.0. The van der Waals surface area contributed by atoms with Crippen LogP contribution in [0.25, 0.3) is 0 Å². The predicted octanol–water partition coefficient (Wildman–Crippen LogP) is 5.71. The van der Waals surface area contributed by atoms with Gasteiger partial charge in [-0.25, -0.2) is 0 Å². The van der Waals surface area contributed by atoms with Gasteiger partial charge in [0.2, 0.25) is 5.91 Å². The number of rotatable bonds is 26. The smallest absolute Gasteiger partial charge is 0.265 e. The molecule has 0 aliphatic carbocycles. The summed E-state index contributed by atoms with van der Waals surface area (Å²) in [7, 11) is 0.914. The van der Waals surface area contributed by atoms with Gasteiger partial charge in [-0.3, -0.25) is 9.36 Å². The molecule has 3 unspecified atom stereocenters. The molecular weight excluding hydrogens is 491 g/mol. The molecule has 0 bridgehead atoms. The van der Waals surface area contributed by atoms with E-state index in [0.29, 0.717) is 30.6 Å². The van der Waals surface area contributed by atoms with Crippen LogP contribution in [0.3, 0.4) is 0 Å². The minimum Gasteiger partial charge on any atom is -0.756 e. The first-order valence-corrected chi connectivity index (χ1v) is 16.4. The molecule has 1 amide bonds. The van der Waals surface area contributed by atoms with Crippen LogP contribution in [-0.2, 0) is 18.6 Å². The second-order valence-electron chi connectivity index (χ2n) is 11.5. The van der Waals surface area contributed by atoms with Gasteiger partial charge in [0.05, 0.1) is 27.2 Å². The van der Waals surface area contributed by atoms with E-state index in [1.54, 1.807) is 0 Å². The Hall–Kier alpha value is -0.500. The Morgan fingerprint density at radius 1 is 0.838 bits per heavy atom. The lowest BCUT2D eigenvalue weighted by Crippen LogP contribution is -2.45. The number of amides is 1. The molecule has 9 heteroatoms. The minimum absolute atomic E-state index is 0.00293. The predicted molar refractivity (Wildman–Crippen MR) is 150 cm³/mol. The number of ether oxygens (including phenoxy) is 1. The van der Waals surface area contributed by atoms with Gasteiger partial charge >= 0.3 is 0 Å². The average molecular weight is 551 g/mol. The standard InChI is InChI=1S/C28H59N2O6P/c1-6-8-10-12-14-15-16-17-19-21-28(31)29-24-26(35-22-20-18-13-11-9-7-2)23-27(25-30(3,4)5)36-37(32,33)34/h26-27H,6-25H2,1-5H3,(H2-,29,31,32,33,34). The van der Waals surface area contributed by atoms with Gasteiger partial charge in [0.15, 0.2) is 0 Å². The number of phosphoric ester groups is 1. The first-order chi connectivity index (χ1) is 17.5. The molecule has 3 atom stereocenters. The fourth-order valence-electron chi connectivity index (χ4n) is 4.50. The van der Waals surface area contributed by atoms with E-state index in [1.165, 1.54) is 70.6 Å². The van der Waals surface area contributed by atoms with Crippen LogP contribution >= 0.6 is 7.82 Å². The number of carbonyl (C=O) groups excluding carboxylic acids is 1. The van der Waals surface area contributed by atoms with Crippen molar-refractivity contribution in [3.63, 3.8) is 0 Å². The van der Waals surface area contributed by atoms with Gasteiger partial charge in [-0.1, -0.05) is 97.3 Å². The molecule has 0 radical (unpaired) electrons. The van der Waals surface area contributed by atoms with Gasteiger partial charge in [-0.15, -0.1) is 0 Å². The molecule has 8 nitrogen and oxygen atoms in total. The number of hydrogen-bond donors (Lipinski definition) is 2. The molecule has 0 aliphatic rings. The van der Waals surface area contributed by atoms with E-state index in [9.17, 15) is 19.1 Å². The molecular formula is C28H59N2O6P. The minimum atomic E-state index is -4.89. The fourth-order valence-corrected chi connectivity index (χ4v) is 5.03. The van der Waals surface area contributed by atoms with Gasteiger partial charge in [0, 0.05) is 26.0 Å². The molecule has 222 valence electrons. The Morgan fingerprint density at radius 3 is 1.81 bits per heavy atom. The molecule has 0 saturated heterocycles. The highest BCUT2D eigenvalue weighted by molar-refractivity contribution is 7.44. The van der Waals surface area contributed by atoms with E-state index in [4.69, 9.17) is 9.26 Å². The third kappa shape index (κ3) is 26.9. The van der Waals surface area contributed by atoms with Crippen molar-refractivity contribution in [2.24, 2.45) is 0 Å². The number of unbranched alkanes of at least 4 members (excludes halogenated alkanes) is 13. The monoisotopic (exact) mass is 550 g/mol. The highest BCUT2D eigenvalue weighted by Gasteiger charge is 2.27. The van der Waals surface area contributed by atoms with Crippen LogP contribution < -0.4 is 10.2 Å². The van der Waals surface area contributed by atoms with Crippen molar-refractivity contribution in [2.45, 2.75) is 135 Å². The SMILES string of the molecule is CCCCCCCCCCCC(=O)NCC(CC(C[N+](C)(C)C)OP(=O)([O-])O)OCCCCCCCC. The molecule has 2 N–H and O–H groups in total. The first kappa shape index (κ1) is 36.5. The van der Waals surface area contributed by atoms with Crippen LogP contribution in [0.4, 0.5) is 0 Å². The van der Waals surface area contributed by atoms with E-state index < -0.39 is 13.9 Å². The number of hydrogen-bond acceptors (Lipinski definition) is 5. The maximum Gasteiger partial charge on any atom is 0.265 e. The van der Waals surface area contributed by atoms with Crippen LogP contribution in [-0.4, -0.2) is 68.3 Å². The number of likely N-dealkylation sites (N-methyl/N-ethyl adjacent to an activating group) is 1. The number of phosphoric acid groups is 1. The van der Waals surface area contributed by atoms with Crippen LogP contribution in [0.2, 0.25) is 0 Å². The van der Waals surface area contributed by atoms with Crippen LogP contribution in [0.5, 0.6) is 0 Å². The molecule has 0 aliphatic heterocycles. The lowest BCUT2D eigenvalue weighted by Gasteiger charge is -2.33. The van der Waals surface area contributed by atoms with Crippen LogP contribution in [0.15, 0.2) is 0 Å². The summed E-state index contributed by atoms with van der Waals surface area (Å²) in [6.07, 6.45) is 17.4. The average Bonchev–Trinajstić information content (AvgIpc) is 2.78. The summed E-state index contributed by atoms with van der Waals surface area (Å²) in [6.45, 7) is 5.66. The van der Waals surface area contributed by atoms with E-state index in [2.05, 4.69) is 19.2 Å². The summed E-state index contributed by atoms with van der Waals surface area (Å²) >= 11 is 0. The van der Waals surface area contributed by atoms with Crippen molar-refractivity contribution in [1.29, 1.82) is 0 Å². The largest absolute Gasteiger partial charge is 0.756 e. The van der Waals surface area contributed by atoms with Crippen molar-refractivity contribution < 1.29 is 32.9 Å². The Morgan fingerprint density at radius 2 is 1.32 bits per heavy atom. The Labute approximate surface area is 228 Å². The zero-order valence-corrected chi connectivity index (χ0v) is 25.6. The van der Waals surface area contributed by atoms with Gasteiger partial charge in [0.1, 0.15) is 12.6 Å². The second kappa shape index (κ2) is 22.3. The van der Waals surface area contributed by atoms with Gasteiger partial charge < -0.3 is 28.8 Å². The molecule has 0 fully saturated rings. The highest BCUT2D eigenvalue weighted by atomic mass is 31.2. The molecule has 37 heavy (non-hydrogen) atoms. The second-order valence-corrected chi connectivity index (χ2v) is 12.7. The first-order valence-electron chi connectivity index (χ1n) is 14.9. The lowest BCUT2D eigenvalue weighted by molar-refractivity contribution is -0.873. The Kier molecular flexibility index (Phi) is 22.0. The molecule has 0 saturated carbocycles. The highest BCUT2D eigenvalue weighted by Crippen LogP contribution is 2.34. The summed E-state index contributed by atoms with van der Waals surface area (Å²) in [4.78, 5) is 33.2. The maximum atomic E-state index is 12.4. The van der Waals surface area contributed by atoms with Crippen molar-refractivity contribution in [2.75, 3.05) is 40.8 Å². The van der Waals surface area contributed by atoms with Crippen LogP contribution in [0.1, 0.15) is 123 Å². The topological polar surface area (TPSA) is 108 Å². The molecule has 0 spiro atoms. The third-order valence-corrected chi connectivity index (χ3v) is 7.01. The normalized spacial score (nSPS) is 15.3.